The van der Waals surface area contributed by atoms with E-state index in [1.54, 1.807) is 12.1 Å². The molecule has 52 valence electrons. The first kappa shape index (κ1) is 11.2. The fraction of sp³-hybridized carbons (Fsp3) is 0. The molecule has 1 aromatic carbocycles. The summed E-state index contributed by atoms with van der Waals surface area (Å²) >= 11 is 3.14. The fourth-order valence-electron chi connectivity index (χ4n) is 0.615. The number of carbonyl (C=O) groups is 1. The third kappa shape index (κ3) is 3.38. The minimum Gasteiger partial charge on any atom is -0.545 e. The maximum Gasteiger partial charge on any atom is 1.00 e. The van der Waals surface area contributed by atoms with Gasteiger partial charge in [-0.15, -0.1) is 0 Å². The van der Waals surface area contributed by atoms with E-state index in [1.165, 1.54) is 12.1 Å². The maximum atomic E-state index is 10.2. The summed E-state index contributed by atoms with van der Waals surface area (Å²) in [6, 6.07) is 6.39. The number of carboxylic acids is 1. The molecule has 0 radical (unpaired) electrons. The molecule has 0 aliphatic carbocycles. The molecule has 0 atom stereocenters. The van der Waals surface area contributed by atoms with E-state index in [0.29, 0.717) is 0 Å². The summed E-state index contributed by atoms with van der Waals surface area (Å²) in [5.74, 6) is -1.15. The number of carboxylic acid groups (broad SMARTS) is 1. The van der Waals surface area contributed by atoms with Gasteiger partial charge in [0, 0.05) is 4.47 Å². The van der Waals surface area contributed by atoms with Gasteiger partial charge in [-0.2, -0.15) is 0 Å². The van der Waals surface area contributed by atoms with E-state index in [0.717, 1.165) is 4.47 Å². The molecule has 0 heterocycles. The molecule has 0 saturated heterocycles. The van der Waals surface area contributed by atoms with E-state index in [9.17, 15) is 9.90 Å². The number of aromatic carboxylic acids is 1. The molecule has 0 saturated carbocycles. The first-order valence-electron chi connectivity index (χ1n) is 2.67. The van der Waals surface area contributed by atoms with Crippen molar-refractivity contribution in [1.29, 1.82) is 0 Å². The van der Waals surface area contributed by atoms with Crippen LogP contribution in [-0.4, -0.2) is 5.97 Å². The molecular formula is C7H4BrNaO2. The SMILES string of the molecule is O=C([O-])c1cccc(Br)c1.[Na+]. The van der Waals surface area contributed by atoms with Crippen molar-refractivity contribution >= 4 is 21.9 Å². The first-order chi connectivity index (χ1) is 4.70. The summed E-state index contributed by atoms with van der Waals surface area (Å²) in [4.78, 5) is 10.2. The number of hydrogen-bond acceptors (Lipinski definition) is 2. The van der Waals surface area contributed by atoms with Crippen LogP contribution in [0.15, 0.2) is 28.7 Å². The second kappa shape index (κ2) is 4.93. The van der Waals surface area contributed by atoms with Gasteiger partial charge in [0.1, 0.15) is 0 Å². The molecule has 0 spiro atoms. The first-order valence-corrected chi connectivity index (χ1v) is 3.46. The van der Waals surface area contributed by atoms with E-state index in [4.69, 9.17) is 0 Å². The predicted molar refractivity (Wildman–Crippen MR) is 38.5 cm³/mol. The smallest absolute Gasteiger partial charge is 0.545 e. The van der Waals surface area contributed by atoms with Crippen LogP contribution in [0.25, 0.3) is 0 Å². The van der Waals surface area contributed by atoms with Crippen molar-refractivity contribution in [3.05, 3.63) is 34.3 Å². The van der Waals surface area contributed by atoms with Crippen LogP contribution < -0.4 is 34.7 Å². The summed E-state index contributed by atoms with van der Waals surface area (Å²) < 4.78 is 0.745. The number of halogens is 1. The average molecular weight is 223 g/mol. The van der Waals surface area contributed by atoms with E-state index < -0.39 is 5.97 Å². The van der Waals surface area contributed by atoms with Gasteiger partial charge in [0.05, 0.1) is 5.97 Å². The molecule has 0 aliphatic heterocycles. The second-order valence-corrected chi connectivity index (χ2v) is 2.71. The second-order valence-electron chi connectivity index (χ2n) is 1.80. The largest absolute Gasteiger partial charge is 1.00 e. The minimum absolute atomic E-state index is 0. The molecule has 11 heavy (non-hydrogen) atoms. The molecule has 0 fully saturated rings. The zero-order chi connectivity index (χ0) is 7.56. The Morgan fingerprint density at radius 3 is 2.45 bits per heavy atom. The Hall–Kier alpha value is 0.170. The summed E-state index contributed by atoms with van der Waals surface area (Å²) in [5, 5.41) is 10.2. The van der Waals surface area contributed by atoms with Crippen molar-refractivity contribution in [3.8, 4) is 0 Å². The third-order valence-corrected chi connectivity index (χ3v) is 1.55. The molecule has 1 rings (SSSR count). The summed E-state index contributed by atoms with van der Waals surface area (Å²) in [5.41, 5.74) is 0.189. The number of hydrogen-bond donors (Lipinski definition) is 0. The van der Waals surface area contributed by atoms with Crippen LogP contribution in [0.1, 0.15) is 10.4 Å². The van der Waals surface area contributed by atoms with E-state index in [2.05, 4.69) is 15.9 Å². The van der Waals surface area contributed by atoms with Crippen molar-refractivity contribution in [2.24, 2.45) is 0 Å². The molecule has 0 unspecified atom stereocenters. The van der Waals surface area contributed by atoms with Gasteiger partial charge in [-0.25, -0.2) is 0 Å². The van der Waals surface area contributed by atoms with Crippen LogP contribution in [0, 0.1) is 0 Å². The van der Waals surface area contributed by atoms with Crippen LogP contribution >= 0.6 is 15.9 Å². The zero-order valence-corrected chi connectivity index (χ0v) is 9.59. The van der Waals surface area contributed by atoms with Gasteiger partial charge in [-0.1, -0.05) is 28.1 Å². The fourth-order valence-corrected chi connectivity index (χ4v) is 1.01. The van der Waals surface area contributed by atoms with Crippen molar-refractivity contribution in [2.75, 3.05) is 0 Å². The van der Waals surface area contributed by atoms with Crippen LogP contribution in [0.5, 0.6) is 0 Å². The minimum atomic E-state index is -1.15. The molecule has 2 nitrogen and oxygen atoms in total. The summed E-state index contributed by atoms with van der Waals surface area (Å²) in [7, 11) is 0. The molecule has 0 amide bonds. The van der Waals surface area contributed by atoms with Gasteiger partial charge in [-0.05, 0) is 17.7 Å². The van der Waals surface area contributed by atoms with Gasteiger partial charge in [0.15, 0.2) is 0 Å². The molecule has 1 aromatic rings. The van der Waals surface area contributed by atoms with Crippen molar-refractivity contribution in [3.63, 3.8) is 0 Å². The maximum absolute atomic E-state index is 10.2. The Morgan fingerprint density at radius 1 is 1.45 bits per heavy atom. The van der Waals surface area contributed by atoms with Gasteiger partial charge >= 0.3 is 29.6 Å². The predicted octanol–water partition coefficient (Wildman–Crippen LogP) is -2.18. The molecular weight excluding hydrogens is 219 g/mol. The van der Waals surface area contributed by atoms with Crippen LogP contribution in [0.4, 0.5) is 0 Å². The van der Waals surface area contributed by atoms with Crippen LogP contribution in [-0.2, 0) is 0 Å². The van der Waals surface area contributed by atoms with Crippen LogP contribution in [0.2, 0.25) is 0 Å². The Balaban J connectivity index is 0.000001000. The summed E-state index contributed by atoms with van der Waals surface area (Å²) in [6.45, 7) is 0. The topological polar surface area (TPSA) is 40.1 Å². The van der Waals surface area contributed by atoms with Crippen molar-refractivity contribution in [2.45, 2.75) is 0 Å². The summed E-state index contributed by atoms with van der Waals surface area (Å²) in [6.07, 6.45) is 0. The van der Waals surface area contributed by atoms with Gasteiger partial charge < -0.3 is 9.90 Å². The molecule has 0 aliphatic rings. The Labute approximate surface area is 95.0 Å². The monoisotopic (exact) mass is 222 g/mol. The normalized spacial score (nSPS) is 8.45. The van der Waals surface area contributed by atoms with Gasteiger partial charge in [0.2, 0.25) is 0 Å². The van der Waals surface area contributed by atoms with Gasteiger partial charge in [-0.3, -0.25) is 0 Å². The number of carbonyl (C=O) groups excluding carboxylic acids is 1. The van der Waals surface area contributed by atoms with Gasteiger partial charge in [0.25, 0.3) is 0 Å². The third-order valence-electron chi connectivity index (χ3n) is 1.06. The van der Waals surface area contributed by atoms with E-state index in [1.807, 2.05) is 0 Å². The van der Waals surface area contributed by atoms with Crippen LogP contribution in [0.3, 0.4) is 0 Å². The zero-order valence-electron chi connectivity index (χ0n) is 6.00. The molecule has 0 aromatic heterocycles. The number of rotatable bonds is 1. The Morgan fingerprint density at radius 2 is 2.09 bits per heavy atom. The number of benzene rings is 1. The van der Waals surface area contributed by atoms with Crippen molar-refractivity contribution < 1.29 is 39.5 Å². The standard InChI is InChI=1S/C7H5BrO2.Na/c8-6-3-1-2-5(4-6)7(9)10;/h1-4H,(H,9,10);/q;+1/p-1. The molecule has 0 bridgehead atoms. The molecule has 4 heteroatoms. The van der Waals surface area contributed by atoms with E-state index >= 15 is 0 Å². The Kier molecular flexibility index (Phi) is 5.01. The quantitative estimate of drug-likeness (QED) is 0.507. The van der Waals surface area contributed by atoms with E-state index in [-0.39, 0.29) is 35.1 Å². The molecule has 0 N–H and O–H groups in total. The van der Waals surface area contributed by atoms with Crippen molar-refractivity contribution in [1.82, 2.24) is 0 Å². The Bertz CT molecular complexity index is 262. The average Bonchev–Trinajstić information content (AvgIpc) is 1.88.